The van der Waals surface area contributed by atoms with Gasteiger partial charge in [0.1, 0.15) is 5.75 Å². The number of carbonyl (C=O) groups excluding carboxylic acids is 1. The molecule has 21 heavy (non-hydrogen) atoms. The molecule has 1 amide bonds. The van der Waals surface area contributed by atoms with Crippen molar-refractivity contribution in [1.29, 1.82) is 0 Å². The molecule has 0 heterocycles. The van der Waals surface area contributed by atoms with Gasteiger partial charge in [-0.05, 0) is 42.3 Å². The Hall–Kier alpha value is -2.49. The summed E-state index contributed by atoms with van der Waals surface area (Å²) in [6.45, 7) is 4.23. The highest BCUT2D eigenvalue weighted by Crippen LogP contribution is 2.25. The molecule has 2 aromatic carbocycles. The minimum absolute atomic E-state index is 0.0646. The number of amides is 1. The lowest BCUT2D eigenvalue weighted by Crippen LogP contribution is -2.06. The molecule has 2 rings (SSSR count). The third-order valence-corrected chi connectivity index (χ3v) is 3.11. The molecule has 2 N–H and O–H groups in total. The monoisotopic (exact) mass is 284 g/mol. The van der Waals surface area contributed by atoms with Gasteiger partial charge in [-0.1, -0.05) is 18.2 Å². The number of ether oxygens (including phenoxy) is 1. The summed E-state index contributed by atoms with van der Waals surface area (Å²) in [7, 11) is 1.67. The maximum absolute atomic E-state index is 11.0. The van der Waals surface area contributed by atoms with E-state index < -0.39 is 0 Å². The van der Waals surface area contributed by atoms with Gasteiger partial charge in [-0.25, -0.2) is 0 Å². The van der Waals surface area contributed by atoms with Gasteiger partial charge in [0, 0.05) is 19.2 Å². The van der Waals surface area contributed by atoms with Gasteiger partial charge in [0.05, 0.1) is 12.8 Å². The molecule has 4 heteroatoms. The first-order chi connectivity index (χ1) is 10.1. The van der Waals surface area contributed by atoms with Crippen molar-refractivity contribution in [2.24, 2.45) is 0 Å². The summed E-state index contributed by atoms with van der Waals surface area (Å²) in [5.74, 6) is 0.773. The standard InChI is InChI=1S/C17H20N2O2/c1-12-4-9-16(17(10-12)21-3)18-11-14-5-7-15(8-6-14)19-13(2)20/h4-10,18H,11H2,1-3H3,(H,19,20). The Morgan fingerprint density at radius 3 is 2.48 bits per heavy atom. The van der Waals surface area contributed by atoms with Gasteiger partial charge in [-0.15, -0.1) is 0 Å². The number of methoxy groups -OCH3 is 1. The van der Waals surface area contributed by atoms with Crippen LogP contribution in [-0.4, -0.2) is 13.0 Å². The summed E-state index contributed by atoms with van der Waals surface area (Å²) in [5, 5.41) is 6.11. The fourth-order valence-electron chi connectivity index (χ4n) is 2.05. The molecule has 0 aliphatic carbocycles. The van der Waals surface area contributed by atoms with Crippen LogP contribution in [0.25, 0.3) is 0 Å². The minimum atomic E-state index is -0.0646. The van der Waals surface area contributed by atoms with Crippen molar-refractivity contribution in [3.05, 3.63) is 53.6 Å². The van der Waals surface area contributed by atoms with Crippen LogP contribution < -0.4 is 15.4 Å². The molecule has 0 saturated heterocycles. The Labute approximate surface area is 125 Å². The lowest BCUT2D eigenvalue weighted by atomic mass is 10.1. The Bertz CT molecular complexity index is 621. The molecule has 4 nitrogen and oxygen atoms in total. The van der Waals surface area contributed by atoms with Gasteiger partial charge < -0.3 is 15.4 Å². The van der Waals surface area contributed by atoms with E-state index in [0.29, 0.717) is 6.54 Å². The van der Waals surface area contributed by atoms with Crippen LogP contribution in [0.3, 0.4) is 0 Å². The van der Waals surface area contributed by atoms with Gasteiger partial charge in [0.25, 0.3) is 0 Å². The normalized spacial score (nSPS) is 10.0. The fourth-order valence-corrected chi connectivity index (χ4v) is 2.05. The average Bonchev–Trinajstić information content (AvgIpc) is 2.46. The van der Waals surface area contributed by atoms with Crippen LogP contribution in [0.15, 0.2) is 42.5 Å². The van der Waals surface area contributed by atoms with Crippen molar-refractivity contribution < 1.29 is 9.53 Å². The number of nitrogens with one attached hydrogen (secondary N) is 2. The van der Waals surface area contributed by atoms with Crippen LogP contribution >= 0.6 is 0 Å². The highest BCUT2D eigenvalue weighted by atomic mass is 16.5. The predicted molar refractivity (Wildman–Crippen MR) is 85.8 cm³/mol. The first kappa shape index (κ1) is 14.9. The Morgan fingerprint density at radius 2 is 1.86 bits per heavy atom. The van der Waals surface area contributed by atoms with E-state index >= 15 is 0 Å². The molecule has 0 aliphatic heterocycles. The Kier molecular flexibility index (Phi) is 4.82. The van der Waals surface area contributed by atoms with Crippen molar-refractivity contribution in [3.63, 3.8) is 0 Å². The third kappa shape index (κ3) is 4.24. The van der Waals surface area contributed by atoms with E-state index in [2.05, 4.69) is 10.6 Å². The quantitative estimate of drug-likeness (QED) is 0.882. The lowest BCUT2D eigenvalue weighted by Gasteiger charge is -2.12. The molecule has 110 valence electrons. The van der Waals surface area contributed by atoms with Crippen LogP contribution in [0.5, 0.6) is 5.75 Å². The van der Waals surface area contributed by atoms with Gasteiger partial charge in [-0.2, -0.15) is 0 Å². The SMILES string of the molecule is COc1cc(C)ccc1NCc1ccc(NC(C)=O)cc1. The third-order valence-electron chi connectivity index (χ3n) is 3.11. The largest absolute Gasteiger partial charge is 0.495 e. The van der Waals surface area contributed by atoms with Gasteiger partial charge in [-0.3, -0.25) is 4.79 Å². The van der Waals surface area contributed by atoms with Crippen LogP contribution in [0.1, 0.15) is 18.1 Å². The zero-order valence-electron chi connectivity index (χ0n) is 12.6. The van der Waals surface area contributed by atoms with Crippen molar-refractivity contribution in [2.45, 2.75) is 20.4 Å². The number of aryl methyl sites for hydroxylation is 1. The van der Waals surface area contributed by atoms with Gasteiger partial charge in [0.15, 0.2) is 0 Å². The average molecular weight is 284 g/mol. The summed E-state index contributed by atoms with van der Waals surface area (Å²) < 4.78 is 5.37. The Balaban J connectivity index is 2.01. The maximum Gasteiger partial charge on any atom is 0.221 e. The van der Waals surface area contributed by atoms with Crippen LogP contribution in [0.4, 0.5) is 11.4 Å². The molecule has 0 unspecified atom stereocenters. The fraction of sp³-hybridized carbons (Fsp3) is 0.235. The highest BCUT2D eigenvalue weighted by molar-refractivity contribution is 5.88. The van der Waals surface area contributed by atoms with Crippen molar-refractivity contribution in [2.75, 3.05) is 17.7 Å². The zero-order valence-corrected chi connectivity index (χ0v) is 12.6. The summed E-state index contributed by atoms with van der Waals surface area (Å²) >= 11 is 0. The maximum atomic E-state index is 11.0. The van der Waals surface area contributed by atoms with E-state index in [1.54, 1.807) is 7.11 Å². The smallest absolute Gasteiger partial charge is 0.221 e. The van der Waals surface area contributed by atoms with E-state index in [1.165, 1.54) is 6.92 Å². The topological polar surface area (TPSA) is 50.4 Å². The van der Waals surface area contributed by atoms with E-state index in [4.69, 9.17) is 4.74 Å². The van der Waals surface area contributed by atoms with E-state index in [9.17, 15) is 4.79 Å². The summed E-state index contributed by atoms with van der Waals surface area (Å²) in [6.07, 6.45) is 0. The first-order valence-electron chi connectivity index (χ1n) is 6.83. The van der Waals surface area contributed by atoms with Gasteiger partial charge in [0.2, 0.25) is 5.91 Å². The molecule has 0 aromatic heterocycles. The number of hydrogen-bond donors (Lipinski definition) is 2. The van der Waals surface area contributed by atoms with Crippen molar-refractivity contribution in [3.8, 4) is 5.75 Å². The molecular formula is C17H20N2O2. The molecule has 0 aliphatic rings. The summed E-state index contributed by atoms with van der Waals surface area (Å²) in [6, 6.07) is 13.8. The number of anilines is 2. The van der Waals surface area contributed by atoms with Crippen LogP contribution in [-0.2, 0) is 11.3 Å². The minimum Gasteiger partial charge on any atom is -0.495 e. The van der Waals surface area contributed by atoms with E-state index in [-0.39, 0.29) is 5.91 Å². The lowest BCUT2D eigenvalue weighted by molar-refractivity contribution is -0.114. The van der Waals surface area contributed by atoms with Crippen molar-refractivity contribution in [1.82, 2.24) is 0 Å². The Morgan fingerprint density at radius 1 is 1.14 bits per heavy atom. The van der Waals surface area contributed by atoms with Crippen LogP contribution in [0.2, 0.25) is 0 Å². The predicted octanol–water partition coefficient (Wildman–Crippen LogP) is 3.57. The van der Waals surface area contributed by atoms with Crippen molar-refractivity contribution >= 4 is 17.3 Å². The number of benzene rings is 2. The summed E-state index contributed by atoms with van der Waals surface area (Å²) in [5.41, 5.74) is 4.07. The molecule has 0 spiro atoms. The number of carbonyl (C=O) groups is 1. The molecular weight excluding hydrogens is 264 g/mol. The number of hydrogen-bond acceptors (Lipinski definition) is 3. The second-order valence-corrected chi connectivity index (χ2v) is 4.94. The molecule has 0 atom stereocenters. The highest BCUT2D eigenvalue weighted by Gasteiger charge is 2.03. The van der Waals surface area contributed by atoms with E-state index in [1.807, 2.05) is 49.4 Å². The molecule has 2 aromatic rings. The number of rotatable bonds is 5. The second-order valence-electron chi connectivity index (χ2n) is 4.94. The summed E-state index contributed by atoms with van der Waals surface area (Å²) in [4.78, 5) is 11.0. The zero-order chi connectivity index (χ0) is 15.2. The molecule has 0 saturated carbocycles. The first-order valence-corrected chi connectivity index (χ1v) is 6.83. The van der Waals surface area contributed by atoms with Crippen LogP contribution in [0, 0.1) is 6.92 Å². The van der Waals surface area contributed by atoms with E-state index in [0.717, 1.165) is 28.3 Å². The molecule has 0 bridgehead atoms. The molecule has 0 fully saturated rings. The molecule has 0 radical (unpaired) electrons. The second kappa shape index (κ2) is 6.79. The van der Waals surface area contributed by atoms with Gasteiger partial charge >= 0.3 is 0 Å².